The van der Waals surface area contributed by atoms with Crippen LogP contribution in [0.5, 0.6) is 5.75 Å². The first kappa shape index (κ1) is 14.3. The number of aromatic nitrogens is 1. The van der Waals surface area contributed by atoms with E-state index in [9.17, 15) is 4.79 Å². The lowest BCUT2D eigenvalue weighted by atomic mass is 10.3. The first-order valence-electron chi connectivity index (χ1n) is 6.26. The van der Waals surface area contributed by atoms with E-state index in [1.165, 1.54) is 11.3 Å². The number of nitrogens with one attached hydrogen (secondary N) is 1. The lowest BCUT2D eigenvalue weighted by Gasteiger charge is -2.02. The third kappa shape index (κ3) is 4.51. The molecular weight excluding hydrogens is 272 g/mol. The molecule has 0 unspecified atom stereocenters. The molecule has 4 nitrogen and oxygen atoms in total. The number of carbonyl (C=O) groups is 1. The highest BCUT2D eigenvalue weighted by atomic mass is 32.1. The zero-order chi connectivity index (χ0) is 14.2. The maximum absolute atomic E-state index is 11.5. The molecule has 0 bridgehead atoms. The number of rotatable bonds is 7. The zero-order valence-corrected chi connectivity index (χ0v) is 11.9. The summed E-state index contributed by atoms with van der Waals surface area (Å²) in [4.78, 5) is 15.9. The van der Waals surface area contributed by atoms with Gasteiger partial charge < -0.3 is 10.1 Å². The molecule has 0 spiro atoms. The van der Waals surface area contributed by atoms with Gasteiger partial charge in [0.1, 0.15) is 17.4 Å². The Balaban J connectivity index is 1.83. The van der Waals surface area contributed by atoms with Crippen molar-refractivity contribution in [1.29, 1.82) is 0 Å². The summed E-state index contributed by atoms with van der Waals surface area (Å²) in [5.41, 5.74) is 0.767. The Hall–Kier alpha value is -2.14. The largest absolute Gasteiger partial charge is 0.486 e. The molecule has 0 saturated heterocycles. The van der Waals surface area contributed by atoms with E-state index in [0.717, 1.165) is 16.5 Å². The van der Waals surface area contributed by atoms with Gasteiger partial charge in [-0.1, -0.05) is 24.3 Å². The molecule has 0 saturated carbocycles. The van der Waals surface area contributed by atoms with Crippen molar-refractivity contribution in [2.45, 2.75) is 13.0 Å². The van der Waals surface area contributed by atoms with E-state index in [4.69, 9.17) is 4.74 Å². The molecule has 104 valence electrons. The van der Waals surface area contributed by atoms with Crippen molar-refractivity contribution in [1.82, 2.24) is 10.3 Å². The fourth-order valence-corrected chi connectivity index (χ4v) is 2.28. The van der Waals surface area contributed by atoms with Crippen molar-refractivity contribution < 1.29 is 9.53 Å². The third-order valence-electron chi connectivity index (χ3n) is 2.49. The molecule has 1 amide bonds. The molecule has 1 N–H and O–H groups in total. The van der Waals surface area contributed by atoms with Gasteiger partial charge >= 0.3 is 0 Å². The van der Waals surface area contributed by atoms with Crippen LogP contribution in [0.25, 0.3) is 0 Å². The van der Waals surface area contributed by atoms with Crippen LogP contribution in [0, 0.1) is 0 Å². The van der Waals surface area contributed by atoms with Gasteiger partial charge in [-0.25, -0.2) is 4.98 Å². The Morgan fingerprint density at radius 2 is 2.20 bits per heavy atom. The number of hydrogen-bond acceptors (Lipinski definition) is 4. The van der Waals surface area contributed by atoms with Crippen LogP contribution in [0.15, 0.2) is 48.4 Å². The summed E-state index contributed by atoms with van der Waals surface area (Å²) in [6, 6.07) is 9.59. The topological polar surface area (TPSA) is 51.2 Å². The minimum atomic E-state index is -0.0503. The number of amides is 1. The maximum atomic E-state index is 11.5. The van der Waals surface area contributed by atoms with Crippen LogP contribution in [0.3, 0.4) is 0 Å². The number of nitrogens with zero attached hydrogens (tertiary/aromatic N) is 1. The monoisotopic (exact) mass is 288 g/mol. The number of para-hydroxylation sites is 1. The van der Waals surface area contributed by atoms with Gasteiger partial charge in [0.15, 0.2) is 0 Å². The average molecular weight is 288 g/mol. The van der Waals surface area contributed by atoms with E-state index in [1.54, 1.807) is 6.08 Å². The molecule has 2 aromatic rings. The highest BCUT2D eigenvalue weighted by Crippen LogP contribution is 2.15. The Kier molecular flexibility index (Phi) is 5.32. The first-order chi connectivity index (χ1) is 9.78. The van der Waals surface area contributed by atoms with Gasteiger partial charge in [0, 0.05) is 11.9 Å². The summed E-state index contributed by atoms with van der Waals surface area (Å²) >= 11 is 1.50. The fourth-order valence-electron chi connectivity index (χ4n) is 1.57. The smallest absolute Gasteiger partial charge is 0.226 e. The molecule has 5 heteroatoms. The van der Waals surface area contributed by atoms with Crippen LogP contribution in [0.2, 0.25) is 0 Å². The summed E-state index contributed by atoms with van der Waals surface area (Å²) in [6.07, 6.45) is 1.94. The third-order valence-corrected chi connectivity index (χ3v) is 3.36. The van der Waals surface area contributed by atoms with Crippen molar-refractivity contribution in [2.75, 3.05) is 6.54 Å². The standard InChI is InChI=1S/C15H16N2O2S/c1-2-8-16-14(18)9-12-11-20-15(17-12)10-19-13-6-4-3-5-7-13/h2-7,11H,1,8-10H2,(H,16,18). The predicted octanol–water partition coefficient (Wildman–Crippen LogP) is 2.57. The van der Waals surface area contributed by atoms with Crippen molar-refractivity contribution in [3.8, 4) is 5.75 Å². The average Bonchev–Trinajstić information content (AvgIpc) is 2.91. The van der Waals surface area contributed by atoms with Crippen LogP contribution in [0.4, 0.5) is 0 Å². The number of thiazole rings is 1. The normalized spacial score (nSPS) is 10.0. The molecule has 0 atom stereocenters. The van der Waals surface area contributed by atoms with Gasteiger partial charge in [0.25, 0.3) is 0 Å². The number of hydrogen-bond donors (Lipinski definition) is 1. The number of ether oxygens (including phenoxy) is 1. The van der Waals surface area contributed by atoms with Crippen LogP contribution in [-0.2, 0) is 17.8 Å². The quantitative estimate of drug-likeness (QED) is 0.797. The van der Waals surface area contributed by atoms with E-state index in [-0.39, 0.29) is 12.3 Å². The molecule has 20 heavy (non-hydrogen) atoms. The molecule has 1 aromatic heterocycles. The van der Waals surface area contributed by atoms with Gasteiger partial charge in [-0.2, -0.15) is 0 Å². The predicted molar refractivity (Wildman–Crippen MR) is 79.8 cm³/mol. The van der Waals surface area contributed by atoms with E-state index in [2.05, 4.69) is 16.9 Å². The molecule has 0 fully saturated rings. The lowest BCUT2D eigenvalue weighted by Crippen LogP contribution is -2.25. The van der Waals surface area contributed by atoms with Gasteiger partial charge in [0.05, 0.1) is 12.1 Å². The van der Waals surface area contributed by atoms with E-state index in [1.807, 2.05) is 35.7 Å². The van der Waals surface area contributed by atoms with Crippen LogP contribution in [-0.4, -0.2) is 17.4 Å². The fraction of sp³-hybridized carbons (Fsp3) is 0.200. The lowest BCUT2D eigenvalue weighted by molar-refractivity contribution is -0.120. The van der Waals surface area contributed by atoms with E-state index < -0.39 is 0 Å². The Morgan fingerprint density at radius 3 is 2.95 bits per heavy atom. The summed E-state index contributed by atoms with van der Waals surface area (Å²) in [5, 5.41) is 5.47. The van der Waals surface area contributed by atoms with Gasteiger partial charge in [-0.05, 0) is 12.1 Å². The van der Waals surface area contributed by atoms with Crippen LogP contribution >= 0.6 is 11.3 Å². The second-order valence-electron chi connectivity index (χ2n) is 4.10. The molecule has 1 aromatic carbocycles. The highest BCUT2D eigenvalue weighted by molar-refractivity contribution is 7.09. The molecule has 0 aliphatic carbocycles. The highest BCUT2D eigenvalue weighted by Gasteiger charge is 2.07. The van der Waals surface area contributed by atoms with E-state index in [0.29, 0.717) is 13.2 Å². The number of benzene rings is 1. The van der Waals surface area contributed by atoms with Crippen molar-refractivity contribution >= 4 is 17.2 Å². The van der Waals surface area contributed by atoms with E-state index >= 15 is 0 Å². The van der Waals surface area contributed by atoms with Gasteiger partial charge in [-0.15, -0.1) is 17.9 Å². The van der Waals surface area contributed by atoms with Gasteiger partial charge in [-0.3, -0.25) is 4.79 Å². The Labute approximate surface area is 122 Å². The summed E-state index contributed by atoms with van der Waals surface area (Å²) in [6.45, 7) is 4.45. The summed E-state index contributed by atoms with van der Waals surface area (Å²) in [5.74, 6) is 0.763. The molecule has 0 aliphatic heterocycles. The maximum Gasteiger partial charge on any atom is 0.226 e. The molecule has 0 aliphatic rings. The summed E-state index contributed by atoms with van der Waals surface area (Å²) in [7, 11) is 0. The summed E-state index contributed by atoms with van der Waals surface area (Å²) < 4.78 is 5.61. The van der Waals surface area contributed by atoms with Crippen LogP contribution < -0.4 is 10.1 Å². The van der Waals surface area contributed by atoms with Crippen molar-refractivity contribution in [3.05, 3.63) is 59.1 Å². The molecular formula is C15H16N2O2S. The minimum Gasteiger partial charge on any atom is -0.486 e. The first-order valence-corrected chi connectivity index (χ1v) is 7.14. The van der Waals surface area contributed by atoms with Crippen molar-refractivity contribution in [3.63, 3.8) is 0 Å². The second-order valence-corrected chi connectivity index (χ2v) is 5.05. The Bertz CT molecular complexity index is 566. The molecule has 2 rings (SSSR count). The van der Waals surface area contributed by atoms with Crippen molar-refractivity contribution in [2.24, 2.45) is 0 Å². The Morgan fingerprint density at radius 1 is 1.40 bits per heavy atom. The second kappa shape index (κ2) is 7.45. The number of carbonyl (C=O) groups excluding carboxylic acids is 1. The van der Waals surface area contributed by atoms with Crippen LogP contribution in [0.1, 0.15) is 10.7 Å². The molecule has 1 heterocycles. The minimum absolute atomic E-state index is 0.0503. The van der Waals surface area contributed by atoms with Gasteiger partial charge in [0.2, 0.25) is 5.91 Å². The SMILES string of the molecule is C=CCNC(=O)Cc1csc(COc2ccccc2)n1. The zero-order valence-electron chi connectivity index (χ0n) is 11.0. The molecule has 0 radical (unpaired) electrons.